The van der Waals surface area contributed by atoms with E-state index >= 15 is 0 Å². The van der Waals surface area contributed by atoms with Crippen LogP contribution in [0.2, 0.25) is 5.02 Å². The van der Waals surface area contributed by atoms with Gasteiger partial charge in [0, 0.05) is 18.4 Å². The zero-order valence-electron chi connectivity index (χ0n) is 19.1. The van der Waals surface area contributed by atoms with Gasteiger partial charge in [0.2, 0.25) is 0 Å². The first-order valence-corrected chi connectivity index (χ1v) is 12.6. The highest BCUT2D eigenvalue weighted by atomic mass is 35.5. The lowest BCUT2D eigenvalue weighted by molar-refractivity contribution is -0.146. The Morgan fingerprint density at radius 2 is 1.71 bits per heavy atom. The Hall–Kier alpha value is -2.89. The van der Waals surface area contributed by atoms with Gasteiger partial charge >= 0.3 is 12.1 Å². The number of hydrogen-bond donors (Lipinski definition) is 0. The molecule has 0 N–H and O–H groups in total. The van der Waals surface area contributed by atoms with Crippen molar-refractivity contribution in [2.24, 2.45) is 0 Å². The molecule has 3 aromatic rings. The molecular formula is C23H23ClF3N3O4S. The smallest absolute Gasteiger partial charge is 0.436 e. The SMILES string of the molecule is CN(C)CCOC(=O)Cn1nc(C(F)(F)F)c(Cl)c1-c1ccc(-c2cccc(S(C)(=O)=O)c2)cc1. The minimum Gasteiger partial charge on any atom is -0.463 e. The lowest BCUT2D eigenvalue weighted by Crippen LogP contribution is -2.22. The standard InChI is InChI=1S/C23H23ClF3N3O4S/c1-29(2)11-12-34-19(31)14-30-21(20(24)22(28-30)23(25,26)27)16-9-7-15(8-10-16)17-5-4-6-18(13-17)35(3,32)33/h4-10,13H,11-12,14H2,1-3H3. The Balaban J connectivity index is 1.96. The van der Waals surface area contributed by atoms with E-state index in [1.165, 1.54) is 24.3 Å². The fraction of sp³-hybridized carbons (Fsp3) is 0.304. The van der Waals surface area contributed by atoms with Gasteiger partial charge in [-0.2, -0.15) is 18.3 Å². The summed E-state index contributed by atoms with van der Waals surface area (Å²) in [5, 5.41) is 2.91. The van der Waals surface area contributed by atoms with Crippen LogP contribution in [0.15, 0.2) is 53.4 Å². The van der Waals surface area contributed by atoms with Gasteiger partial charge in [-0.05, 0) is 37.4 Å². The molecule has 1 heterocycles. The van der Waals surface area contributed by atoms with E-state index in [0.717, 1.165) is 10.9 Å². The third-order valence-electron chi connectivity index (χ3n) is 5.00. The van der Waals surface area contributed by atoms with Crippen LogP contribution in [0.25, 0.3) is 22.4 Å². The molecule has 35 heavy (non-hydrogen) atoms. The van der Waals surface area contributed by atoms with E-state index in [0.29, 0.717) is 23.2 Å². The number of halogens is 4. The fourth-order valence-corrected chi connectivity index (χ4v) is 4.27. The average Bonchev–Trinajstić information content (AvgIpc) is 3.09. The van der Waals surface area contributed by atoms with Crippen LogP contribution >= 0.6 is 11.6 Å². The summed E-state index contributed by atoms with van der Waals surface area (Å²) in [6, 6.07) is 12.6. The van der Waals surface area contributed by atoms with Gasteiger partial charge in [-0.3, -0.25) is 9.48 Å². The number of rotatable bonds is 8. The van der Waals surface area contributed by atoms with Crippen molar-refractivity contribution in [1.29, 1.82) is 0 Å². The number of hydrogen-bond acceptors (Lipinski definition) is 6. The predicted octanol–water partition coefficient (Wildman–Crippen LogP) is 4.40. The van der Waals surface area contributed by atoms with Crippen molar-refractivity contribution in [1.82, 2.24) is 14.7 Å². The molecule has 2 aromatic carbocycles. The van der Waals surface area contributed by atoms with Crippen LogP contribution < -0.4 is 0 Å². The highest BCUT2D eigenvalue weighted by molar-refractivity contribution is 7.90. The number of benzene rings is 2. The van der Waals surface area contributed by atoms with Crippen LogP contribution in [0.1, 0.15) is 5.69 Å². The molecule has 0 radical (unpaired) electrons. The van der Waals surface area contributed by atoms with Crippen molar-refractivity contribution < 1.29 is 31.1 Å². The molecule has 12 heteroatoms. The Morgan fingerprint density at radius 3 is 2.29 bits per heavy atom. The molecule has 0 spiro atoms. The second-order valence-corrected chi connectivity index (χ2v) is 10.5. The molecule has 7 nitrogen and oxygen atoms in total. The van der Waals surface area contributed by atoms with Crippen molar-refractivity contribution in [3.63, 3.8) is 0 Å². The van der Waals surface area contributed by atoms with Crippen LogP contribution in [0.4, 0.5) is 13.2 Å². The predicted molar refractivity (Wildman–Crippen MR) is 126 cm³/mol. The molecule has 0 bridgehead atoms. The van der Waals surface area contributed by atoms with E-state index < -0.39 is 39.2 Å². The topological polar surface area (TPSA) is 81.5 Å². The Morgan fingerprint density at radius 1 is 1.09 bits per heavy atom. The Bertz CT molecular complexity index is 1320. The summed E-state index contributed by atoms with van der Waals surface area (Å²) in [5.74, 6) is -0.754. The molecular weight excluding hydrogens is 507 g/mol. The lowest BCUT2D eigenvalue weighted by Gasteiger charge is -2.12. The summed E-state index contributed by atoms with van der Waals surface area (Å²) in [7, 11) is 0.163. The maximum absolute atomic E-state index is 13.5. The minimum absolute atomic E-state index is 0.0730. The van der Waals surface area contributed by atoms with Crippen molar-refractivity contribution >= 4 is 27.4 Å². The fourth-order valence-electron chi connectivity index (χ4n) is 3.25. The third kappa shape index (κ3) is 6.62. The maximum atomic E-state index is 13.5. The molecule has 0 atom stereocenters. The van der Waals surface area contributed by atoms with Crippen LogP contribution in [0, 0.1) is 0 Å². The number of likely N-dealkylation sites (N-methyl/N-ethyl adjacent to an activating group) is 1. The number of carbonyl (C=O) groups excluding carboxylic acids is 1. The first kappa shape index (κ1) is 26.7. The number of aromatic nitrogens is 2. The van der Waals surface area contributed by atoms with Gasteiger partial charge in [0.25, 0.3) is 0 Å². The van der Waals surface area contributed by atoms with Gasteiger partial charge in [0.15, 0.2) is 15.5 Å². The number of alkyl halides is 3. The average molecular weight is 530 g/mol. The lowest BCUT2D eigenvalue weighted by atomic mass is 10.0. The molecule has 1 aromatic heterocycles. The van der Waals surface area contributed by atoms with Crippen LogP contribution in [0.5, 0.6) is 0 Å². The maximum Gasteiger partial charge on any atom is 0.436 e. The van der Waals surface area contributed by atoms with E-state index in [9.17, 15) is 26.4 Å². The van der Waals surface area contributed by atoms with Gasteiger partial charge in [-0.15, -0.1) is 0 Å². The molecule has 0 unspecified atom stereocenters. The van der Waals surface area contributed by atoms with Crippen molar-refractivity contribution in [3.8, 4) is 22.4 Å². The van der Waals surface area contributed by atoms with Crippen LogP contribution in [-0.4, -0.2) is 62.6 Å². The van der Waals surface area contributed by atoms with Crippen LogP contribution in [-0.2, 0) is 32.1 Å². The van der Waals surface area contributed by atoms with E-state index in [1.54, 1.807) is 43.3 Å². The number of esters is 1. The molecule has 0 amide bonds. The molecule has 0 aliphatic carbocycles. The summed E-state index contributed by atoms with van der Waals surface area (Å²) in [6.07, 6.45) is -3.72. The number of nitrogens with zero attached hydrogens (tertiary/aromatic N) is 3. The van der Waals surface area contributed by atoms with Crippen molar-refractivity contribution in [2.75, 3.05) is 33.5 Å². The quantitative estimate of drug-likeness (QED) is 0.402. The normalized spacial score (nSPS) is 12.2. The van der Waals surface area contributed by atoms with E-state index in [2.05, 4.69) is 5.10 Å². The number of sulfone groups is 1. The van der Waals surface area contributed by atoms with Gasteiger partial charge in [0.1, 0.15) is 13.2 Å². The molecule has 0 aliphatic heterocycles. The summed E-state index contributed by atoms with van der Waals surface area (Å²) in [5.41, 5.74) is 0.155. The largest absolute Gasteiger partial charge is 0.463 e. The third-order valence-corrected chi connectivity index (χ3v) is 6.47. The number of carbonyl (C=O) groups is 1. The highest BCUT2D eigenvalue weighted by Crippen LogP contribution is 2.40. The van der Waals surface area contributed by atoms with Crippen LogP contribution in [0.3, 0.4) is 0 Å². The van der Waals surface area contributed by atoms with E-state index in [1.807, 2.05) is 0 Å². The van der Waals surface area contributed by atoms with Gasteiger partial charge in [-0.25, -0.2) is 8.42 Å². The van der Waals surface area contributed by atoms with Gasteiger partial charge in [-0.1, -0.05) is 48.0 Å². The highest BCUT2D eigenvalue weighted by Gasteiger charge is 2.39. The summed E-state index contributed by atoms with van der Waals surface area (Å²) in [6.45, 7) is -0.0332. The summed E-state index contributed by atoms with van der Waals surface area (Å²) < 4.78 is 70.1. The van der Waals surface area contributed by atoms with Gasteiger partial charge in [0.05, 0.1) is 15.6 Å². The summed E-state index contributed by atoms with van der Waals surface area (Å²) in [4.78, 5) is 14.2. The Kier molecular flexibility index (Phi) is 7.93. The molecule has 0 saturated carbocycles. The first-order chi connectivity index (χ1) is 16.3. The Labute approximate surface area is 206 Å². The van der Waals surface area contributed by atoms with E-state index in [-0.39, 0.29) is 17.2 Å². The van der Waals surface area contributed by atoms with E-state index in [4.69, 9.17) is 16.3 Å². The number of ether oxygens (including phenoxy) is 1. The molecule has 3 rings (SSSR count). The van der Waals surface area contributed by atoms with Crippen molar-refractivity contribution in [3.05, 3.63) is 59.2 Å². The summed E-state index contributed by atoms with van der Waals surface area (Å²) >= 11 is 6.08. The molecule has 0 saturated heterocycles. The minimum atomic E-state index is -4.82. The van der Waals surface area contributed by atoms with Gasteiger partial charge < -0.3 is 9.64 Å². The monoisotopic (exact) mass is 529 g/mol. The molecule has 188 valence electrons. The zero-order valence-corrected chi connectivity index (χ0v) is 20.7. The molecule has 0 fully saturated rings. The first-order valence-electron chi connectivity index (χ1n) is 10.3. The second-order valence-electron chi connectivity index (χ2n) is 8.07. The van der Waals surface area contributed by atoms with Crippen molar-refractivity contribution in [2.45, 2.75) is 17.6 Å². The molecule has 0 aliphatic rings. The second kappa shape index (κ2) is 10.4. The zero-order chi connectivity index (χ0) is 26.0.